The summed E-state index contributed by atoms with van der Waals surface area (Å²) in [7, 11) is -2.65. The third-order valence-electron chi connectivity index (χ3n) is 6.67. The van der Waals surface area contributed by atoms with Crippen LogP contribution in [0.5, 0.6) is 0 Å². The molecule has 0 N–H and O–H groups in total. The third-order valence-corrected chi connectivity index (χ3v) is 11.5. The van der Waals surface area contributed by atoms with Gasteiger partial charge in [-0.05, 0) is 33.7 Å². The highest BCUT2D eigenvalue weighted by Crippen LogP contribution is 2.28. The maximum absolute atomic E-state index is 6.62. The SMILES string of the molecule is Cc1cccc([Si](c2ccccc2)(c2ccccc2)c2cccc3c2oc2ccccc23)c1. The molecule has 6 aromatic rings. The zero-order valence-corrected chi connectivity index (χ0v) is 19.5. The first kappa shape index (κ1) is 19.8. The normalized spacial score (nSPS) is 11.8. The van der Waals surface area contributed by atoms with Gasteiger partial charge in [-0.1, -0.05) is 127 Å². The Morgan fingerprint density at radius 1 is 0.515 bits per heavy atom. The van der Waals surface area contributed by atoms with E-state index in [-0.39, 0.29) is 0 Å². The Balaban J connectivity index is 1.83. The van der Waals surface area contributed by atoms with Gasteiger partial charge < -0.3 is 4.42 Å². The minimum Gasteiger partial charge on any atom is -0.456 e. The van der Waals surface area contributed by atoms with Crippen LogP contribution in [0.4, 0.5) is 0 Å². The quantitative estimate of drug-likeness (QED) is 0.269. The van der Waals surface area contributed by atoms with Crippen LogP contribution in [0.2, 0.25) is 0 Å². The summed E-state index contributed by atoms with van der Waals surface area (Å²) in [6, 6.07) is 46.1. The van der Waals surface area contributed by atoms with Crippen LogP contribution in [-0.2, 0) is 0 Å². The standard InChI is InChI=1S/C31H24OSi/c1-23-12-10-17-26(22-23)33(24-13-4-2-5-14-24,25-15-6-3-7-16-25)30-21-11-19-28-27-18-8-9-20-29(27)32-31(28)30/h2-22H,1H3. The Morgan fingerprint density at radius 3 is 1.79 bits per heavy atom. The fourth-order valence-corrected chi connectivity index (χ4v) is 10.2. The summed E-state index contributed by atoms with van der Waals surface area (Å²) in [5.74, 6) is 0. The van der Waals surface area contributed by atoms with Gasteiger partial charge in [-0.25, -0.2) is 0 Å². The first-order chi connectivity index (χ1) is 16.3. The first-order valence-electron chi connectivity index (χ1n) is 11.4. The number of hydrogen-bond donors (Lipinski definition) is 0. The Morgan fingerprint density at radius 2 is 1.09 bits per heavy atom. The lowest BCUT2D eigenvalue weighted by Crippen LogP contribution is -2.74. The molecule has 1 aromatic heterocycles. The largest absolute Gasteiger partial charge is 0.456 e. The molecule has 158 valence electrons. The van der Waals surface area contributed by atoms with E-state index in [4.69, 9.17) is 4.42 Å². The van der Waals surface area contributed by atoms with E-state index in [9.17, 15) is 0 Å². The highest BCUT2D eigenvalue weighted by atomic mass is 28.3. The molecule has 2 heteroatoms. The number of fused-ring (bicyclic) bond motifs is 3. The average Bonchev–Trinajstić information content (AvgIpc) is 3.26. The van der Waals surface area contributed by atoms with Crippen molar-refractivity contribution in [3.05, 3.63) is 133 Å². The molecule has 0 bridgehead atoms. The van der Waals surface area contributed by atoms with E-state index < -0.39 is 8.07 Å². The fraction of sp³-hybridized carbons (Fsp3) is 0.0323. The second-order valence-corrected chi connectivity index (χ2v) is 12.4. The van der Waals surface area contributed by atoms with Crippen molar-refractivity contribution in [1.82, 2.24) is 0 Å². The smallest absolute Gasteiger partial charge is 0.184 e. The van der Waals surface area contributed by atoms with Gasteiger partial charge in [-0.15, -0.1) is 0 Å². The molecule has 0 fully saturated rings. The van der Waals surface area contributed by atoms with Gasteiger partial charge in [0, 0.05) is 10.8 Å². The molecule has 0 saturated heterocycles. The Labute approximate surface area is 195 Å². The minimum atomic E-state index is -2.65. The predicted molar refractivity (Wildman–Crippen MR) is 142 cm³/mol. The number of rotatable bonds is 4. The van der Waals surface area contributed by atoms with Crippen molar-refractivity contribution < 1.29 is 4.42 Å². The van der Waals surface area contributed by atoms with E-state index in [1.807, 2.05) is 6.07 Å². The molecule has 33 heavy (non-hydrogen) atoms. The van der Waals surface area contributed by atoms with Gasteiger partial charge in [-0.2, -0.15) is 0 Å². The topological polar surface area (TPSA) is 13.1 Å². The molecule has 6 rings (SSSR count). The molecule has 1 nitrogen and oxygen atoms in total. The molecular weight excluding hydrogens is 416 g/mol. The van der Waals surface area contributed by atoms with Gasteiger partial charge in [0.2, 0.25) is 0 Å². The maximum Gasteiger partial charge on any atom is 0.184 e. The number of furan rings is 1. The van der Waals surface area contributed by atoms with Gasteiger partial charge in [0.15, 0.2) is 8.07 Å². The lowest BCUT2D eigenvalue weighted by atomic mass is 10.1. The van der Waals surface area contributed by atoms with E-state index in [2.05, 4.69) is 128 Å². The second kappa shape index (κ2) is 7.91. The summed E-state index contributed by atoms with van der Waals surface area (Å²) < 4.78 is 6.62. The monoisotopic (exact) mass is 440 g/mol. The van der Waals surface area contributed by atoms with Crippen molar-refractivity contribution in [1.29, 1.82) is 0 Å². The molecule has 0 spiro atoms. The van der Waals surface area contributed by atoms with Crippen molar-refractivity contribution >= 4 is 50.8 Å². The molecular formula is C31H24OSi. The predicted octanol–water partition coefficient (Wildman–Crippen LogP) is 5.27. The van der Waals surface area contributed by atoms with Crippen LogP contribution >= 0.6 is 0 Å². The minimum absolute atomic E-state index is 0.938. The first-order valence-corrected chi connectivity index (χ1v) is 13.4. The van der Waals surface area contributed by atoms with Gasteiger partial charge in [0.05, 0.1) is 0 Å². The molecule has 0 amide bonds. The van der Waals surface area contributed by atoms with E-state index in [0.29, 0.717) is 0 Å². The highest BCUT2D eigenvalue weighted by Gasteiger charge is 2.43. The number of hydrogen-bond acceptors (Lipinski definition) is 1. The summed E-state index contributed by atoms with van der Waals surface area (Å²) in [6.45, 7) is 2.18. The van der Waals surface area contributed by atoms with E-state index >= 15 is 0 Å². The van der Waals surface area contributed by atoms with Crippen molar-refractivity contribution in [2.45, 2.75) is 6.92 Å². The Bertz CT molecular complexity index is 1530. The number of para-hydroxylation sites is 2. The van der Waals surface area contributed by atoms with Crippen LogP contribution in [-0.4, -0.2) is 8.07 Å². The Kier molecular flexibility index (Phi) is 4.74. The van der Waals surface area contributed by atoms with Crippen LogP contribution in [0.15, 0.2) is 132 Å². The molecule has 0 aliphatic rings. The van der Waals surface area contributed by atoms with Crippen LogP contribution in [0.3, 0.4) is 0 Å². The highest BCUT2D eigenvalue weighted by molar-refractivity contribution is 7.20. The zero-order valence-electron chi connectivity index (χ0n) is 18.5. The van der Waals surface area contributed by atoms with Gasteiger partial charge in [-0.3, -0.25) is 0 Å². The van der Waals surface area contributed by atoms with Crippen LogP contribution in [0.25, 0.3) is 21.9 Å². The zero-order chi connectivity index (χ0) is 22.3. The molecule has 1 heterocycles. The van der Waals surface area contributed by atoms with Gasteiger partial charge in [0.25, 0.3) is 0 Å². The van der Waals surface area contributed by atoms with Crippen molar-refractivity contribution in [3.63, 3.8) is 0 Å². The van der Waals surface area contributed by atoms with Crippen LogP contribution < -0.4 is 20.7 Å². The summed E-state index contributed by atoms with van der Waals surface area (Å²) in [6.07, 6.45) is 0. The van der Waals surface area contributed by atoms with Crippen molar-refractivity contribution in [2.24, 2.45) is 0 Å². The molecule has 0 aliphatic heterocycles. The van der Waals surface area contributed by atoms with Crippen LogP contribution in [0.1, 0.15) is 5.56 Å². The fourth-order valence-electron chi connectivity index (χ4n) is 5.26. The molecule has 0 saturated carbocycles. The molecule has 5 aromatic carbocycles. The lowest BCUT2D eigenvalue weighted by Gasteiger charge is -2.34. The summed E-state index contributed by atoms with van der Waals surface area (Å²) in [4.78, 5) is 0. The Hall–Kier alpha value is -3.88. The van der Waals surface area contributed by atoms with Gasteiger partial charge in [0.1, 0.15) is 11.2 Å². The maximum atomic E-state index is 6.62. The molecule has 0 aliphatic carbocycles. The lowest BCUT2D eigenvalue weighted by molar-refractivity contribution is 0.671. The number of benzene rings is 5. The number of aryl methyl sites for hydroxylation is 1. The van der Waals surface area contributed by atoms with E-state index in [1.165, 1.54) is 37.1 Å². The molecule has 0 radical (unpaired) electrons. The molecule has 0 atom stereocenters. The summed E-state index contributed by atoms with van der Waals surface area (Å²) >= 11 is 0. The summed E-state index contributed by atoms with van der Waals surface area (Å²) in [5, 5.41) is 7.72. The van der Waals surface area contributed by atoms with Crippen LogP contribution in [0, 0.1) is 6.92 Å². The molecule has 0 unspecified atom stereocenters. The van der Waals surface area contributed by atoms with Crippen molar-refractivity contribution in [2.75, 3.05) is 0 Å². The third kappa shape index (κ3) is 3.06. The summed E-state index contributed by atoms with van der Waals surface area (Å²) in [5.41, 5.74) is 3.21. The average molecular weight is 441 g/mol. The van der Waals surface area contributed by atoms with E-state index in [1.54, 1.807) is 0 Å². The van der Waals surface area contributed by atoms with Gasteiger partial charge >= 0.3 is 0 Å². The second-order valence-electron chi connectivity index (χ2n) is 8.63. The van der Waals surface area contributed by atoms with E-state index in [0.717, 1.165) is 11.2 Å². The van der Waals surface area contributed by atoms with Crippen molar-refractivity contribution in [3.8, 4) is 0 Å².